The van der Waals surface area contributed by atoms with Crippen molar-refractivity contribution in [2.45, 2.75) is 6.92 Å². The standard InChI is InChI=1S/C12H9F2N/c1-8-6-9(4-5-15-8)11-7-10(13)2-3-12(11)14/h2-7H,1H3. The monoisotopic (exact) mass is 205 g/mol. The van der Waals surface area contributed by atoms with E-state index in [0.29, 0.717) is 5.56 Å². The average molecular weight is 205 g/mol. The first kappa shape index (κ1) is 9.77. The number of benzene rings is 1. The SMILES string of the molecule is Cc1cc(-c2cc(F)ccc2F)ccn1. The fourth-order valence-corrected chi connectivity index (χ4v) is 1.43. The van der Waals surface area contributed by atoms with E-state index in [1.165, 1.54) is 6.07 Å². The number of aryl methyl sites for hydroxylation is 1. The lowest BCUT2D eigenvalue weighted by Gasteiger charge is -2.03. The predicted molar refractivity (Wildman–Crippen MR) is 54.3 cm³/mol. The molecule has 0 aliphatic heterocycles. The van der Waals surface area contributed by atoms with Crippen LogP contribution in [0.1, 0.15) is 5.69 Å². The third kappa shape index (κ3) is 2.01. The summed E-state index contributed by atoms with van der Waals surface area (Å²) in [5.41, 5.74) is 1.68. The molecule has 1 heterocycles. The Morgan fingerprint density at radius 3 is 2.60 bits per heavy atom. The van der Waals surface area contributed by atoms with Gasteiger partial charge in [0.05, 0.1) is 0 Å². The van der Waals surface area contributed by atoms with E-state index in [2.05, 4.69) is 4.98 Å². The first-order valence-electron chi connectivity index (χ1n) is 4.55. The number of hydrogen-bond donors (Lipinski definition) is 0. The molecule has 0 unspecified atom stereocenters. The topological polar surface area (TPSA) is 12.9 Å². The average Bonchev–Trinajstić information content (AvgIpc) is 2.22. The summed E-state index contributed by atoms with van der Waals surface area (Å²) < 4.78 is 26.4. The maximum atomic E-state index is 13.4. The highest BCUT2D eigenvalue weighted by Gasteiger charge is 2.06. The Morgan fingerprint density at radius 1 is 1.07 bits per heavy atom. The van der Waals surface area contributed by atoms with E-state index in [9.17, 15) is 8.78 Å². The molecule has 1 nitrogen and oxygen atoms in total. The minimum absolute atomic E-state index is 0.264. The molecule has 76 valence electrons. The fourth-order valence-electron chi connectivity index (χ4n) is 1.43. The highest BCUT2D eigenvalue weighted by molar-refractivity contribution is 5.64. The highest BCUT2D eigenvalue weighted by Crippen LogP contribution is 2.23. The summed E-state index contributed by atoms with van der Waals surface area (Å²) in [6, 6.07) is 6.79. The molecule has 0 spiro atoms. The van der Waals surface area contributed by atoms with Gasteiger partial charge in [-0.15, -0.1) is 0 Å². The zero-order valence-corrected chi connectivity index (χ0v) is 8.17. The van der Waals surface area contributed by atoms with E-state index in [-0.39, 0.29) is 5.56 Å². The van der Waals surface area contributed by atoms with Crippen LogP contribution in [0.2, 0.25) is 0 Å². The van der Waals surface area contributed by atoms with Gasteiger partial charge in [-0.05, 0) is 42.8 Å². The maximum absolute atomic E-state index is 13.4. The normalized spacial score (nSPS) is 10.3. The first-order chi connectivity index (χ1) is 7.16. The zero-order valence-electron chi connectivity index (χ0n) is 8.17. The van der Waals surface area contributed by atoms with Gasteiger partial charge in [-0.25, -0.2) is 8.78 Å². The van der Waals surface area contributed by atoms with Crippen LogP contribution in [0.25, 0.3) is 11.1 Å². The Hall–Kier alpha value is -1.77. The minimum atomic E-state index is -0.444. The third-order valence-corrected chi connectivity index (χ3v) is 2.14. The molecular formula is C12H9F2N. The Kier molecular flexibility index (Phi) is 2.46. The van der Waals surface area contributed by atoms with Crippen LogP contribution in [0.15, 0.2) is 36.5 Å². The lowest BCUT2D eigenvalue weighted by molar-refractivity contribution is 0.603. The van der Waals surface area contributed by atoms with Gasteiger partial charge in [-0.2, -0.15) is 0 Å². The number of pyridine rings is 1. The van der Waals surface area contributed by atoms with Gasteiger partial charge in [0.2, 0.25) is 0 Å². The molecule has 1 aromatic heterocycles. The van der Waals surface area contributed by atoms with Gasteiger partial charge in [0.25, 0.3) is 0 Å². The van der Waals surface area contributed by atoms with E-state index >= 15 is 0 Å². The predicted octanol–water partition coefficient (Wildman–Crippen LogP) is 3.34. The van der Waals surface area contributed by atoms with Gasteiger partial charge in [0.15, 0.2) is 0 Å². The van der Waals surface area contributed by atoms with Crippen molar-refractivity contribution in [1.29, 1.82) is 0 Å². The number of halogens is 2. The molecule has 0 bridgehead atoms. The lowest BCUT2D eigenvalue weighted by atomic mass is 10.1. The van der Waals surface area contributed by atoms with Crippen molar-refractivity contribution in [1.82, 2.24) is 4.98 Å². The maximum Gasteiger partial charge on any atom is 0.131 e. The molecule has 2 rings (SSSR count). The van der Waals surface area contributed by atoms with Crippen molar-refractivity contribution < 1.29 is 8.78 Å². The molecule has 0 saturated heterocycles. The van der Waals surface area contributed by atoms with Crippen molar-refractivity contribution in [3.05, 3.63) is 53.9 Å². The third-order valence-electron chi connectivity index (χ3n) is 2.14. The van der Waals surface area contributed by atoms with Gasteiger partial charge in [0, 0.05) is 17.5 Å². The van der Waals surface area contributed by atoms with Crippen LogP contribution in [0.4, 0.5) is 8.78 Å². The molecule has 3 heteroatoms. The molecule has 0 amide bonds. The Labute approximate surface area is 86.4 Å². The summed E-state index contributed by atoms with van der Waals surface area (Å²) >= 11 is 0. The Balaban J connectivity index is 2.58. The van der Waals surface area contributed by atoms with Crippen molar-refractivity contribution in [2.24, 2.45) is 0 Å². The smallest absolute Gasteiger partial charge is 0.131 e. The summed E-state index contributed by atoms with van der Waals surface area (Å²) in [6.45, 7) is 1.81. The van der Waals surface area contributed by atoms with Crippen LogP contribution in [-0.2, 0) is 0 Å². The van der Waals surface area contributed by atoms with E-state index in [1.54, 1.807) is 25.3 Å². The number of nitrogens with zero attached hydrogens (tertiary/aromatic N) is 1. The first-order valence-corrected chi connectivity index (χ1v) is 4.55. The molecule has 0 atom stereocenters. The second-order valence-corrected chi connectivity index (χ2v) is 3.31. The van der Waals surface area contributed by atoms with Gasteiger partial charge in [0.1, 0.15) is 11.6 Å². The second-order valence-electron chi connectivity index (χ2n) is 3.31. The van der Waals surface area contributed by atoms with Crippen LogP contribution in [0.3, 0.4) is 0 Å². The van der Waals surface area contributed by atoms with Crippen LogP contribution >= 0.6 is 0 Å². The fraction of sp³-hybridized carbons (Fsp3) is 0.0833. The Morgan fingerprint density at radius 2 is 1.87 bits per heavy atom. The number of hydrogen-bond acceptors (Lipinski definition) is 1. The minimum Gasteiger partial charge on any atom is -0.262 e. The largest absolute Gasteiger partial charge is 0.262 e. The van der Waals surface area contributed by atoms with Crippen molar-refractivity contribution in [2.75, 3.05) is 0 Å². The van der Waals surface area contributed by atoms with Crippen LogP contribution in [-0.4, -0.2) is 4.98 Å². The van der Waals surface area contributed by atoms with Crippen LogP contribution in [0, 0.1) is 18.6 Å². The number of rotatable bonds is 1. The summed E-state index contributed by atoms with van der Waals surface area (Å²) in [4.78, 5) is 4.00. The molecule has 2 aromatic rings. The quantitative estimate of drug-likeness (QED) is 0.695. The molecule has 0 N–H and O–H groups in total. The van der Waals surface area contributed by atoms with Crippen molar-refractivity contribution in [3.8, 4) is 11.1 Å². The van der Waals surface area contributed by atoms with E-state index < -0.39 is 11.6 Å². The van der Waals surface area contributed by atoms with E-state index in [4.69, 9.17) is 0 Å². The van der Waals surface area contributed by atoms with E-state index in [1.807, 2.05) is 0 Å². The summed E-state index contributed by atoms with van der Waals surface area (Å²) in [7, 11) is 0. The molecule has 0 saturated carbocycles. The molecule has 0 radical (unpaired) electrons. The van der Waals surface area contributed by atoms with Gasteiger partial charge < -0.3 is 0 Å². The summed E-state index contributed by atoms with van der Waals surface area (Å²) in [5.74, 6) is -0.872. The molecule has 0 aliphatic rings. The van der Waals surface area contributed by atoms with Gasteiger partial charge in [-0.3, -0.25) is 4.98 Å². The van der Waals surface area contributed by atoms with Gasteiger partial charge >= 0.3 is 0 Å². The Bertz CT molecular complexity index is 495. The lowest BCUT2D eigenvalue weighted by Crippen LogP contribution is -1.88. The second kappa shape index (κ2) is 3.77. The van der Waals surface area contributed by atoms with Gasteiger partial charge in [-0.1, -0.05) is 0 Å². The van der Waals surface area contributed by atoms with Crippen LogP contribution < -0.4 is 0 Å². The molecular weight excluding hydrogens is 196 g/mol. The zero-order chi connectivity index (χ0) is 10.8. The number of aromatic nitrogens is 1. The van der Waals surface area contributed by atoms with Crippen molar-refractivity contribution in [3.63, 3.8) is 0 Å². The molecule has 0 aliphatic carbocycles. The molecule has 0 fully saturated rings. The summed E-state index contributed by atoms with van der Waals surface area (Å²) in [5, 5.41) is 0. The van der Waals surface area contributed by atoms with Crippen LogP contribution in [0.5, 0.6) is 0 Å². The summed E-state index contributed by atoms with van der Waals surface area (Å²) in [6.07, 6.45) is 1.58. The van der Waals surface area contributed by atoms with E-state index in [0.717, 1.165) is 17.8 Å². The van der Waals surface area contributed by atoms with Crippen molar-refractivity contribution >= 4 is 0 Å². The molecule has 1 aromatic carbocycles. The molecule has 15 heavy (non-hydrogen) atoms. The highest BCUT2D eigenvalue weighted by atomic mass is 19.1.